The molecular formula is C19H43N3. The van der Waals surface area contributed by atoms with Crippen molar-refractivity contribution in [3.05, 3.63) is 0 Å². The molecule has 3 heteroatoms. The number of unbranched alkanes of at least 4 members (excludes halogenated alkanes) is 6. The van der Waals surface area contributed by atoms with Gasteiger partial charge in [0.05, 0.1) is 0 Å². The van der Waals surface area contributed by atoms with Crippen LogP contribution in [0.15, 0.2) is 0 Å². The van der Waals surface area contributed by atoms with Crippen LogP contribution in [0.5, 0.6) is 0 Å². The topological polar surface area (TPSA) is 50.1 Å². The molecule has 0 fully saturated rings. The number of rotatable bonds is 17. The minimum absolute atomic E-state index is 0.343. The van der Waals surface area contributed by atoms with Gasteiger partial charge in [0.2, 0.25) is 0 Å². The molecule has 0 amide bonds. The maximum atomic E-state index is 5.49. The third-order valence-corrected chi connectivity index (χ3v) is 4.57. The van der Waals surface area contributed by atoms with E-state index < -0.39 is 0 Å². The van der Waals surface area contributed by atoms with E-state index in [1.54, 1.807) is 0 Å². The van der Waals surface area contributed by atoms with Crippen LogP contribution in [0.1, 0.15) is 91.4 Å². The van der Waals surface area contributed by atoms with E-state index in [4.69, 9.17) is 5.73 Å². The second-order valence-corrected chi connectivity index (χ2v) is 7.00. The van der Waals surface area contributed by atoms with Gasteiger partial charge in [0.25, 0.3) is 0 Å². The van der Waals surface area contributed by atoms with Gasteiger partial charge in [-0.15, -0.1) is 0 Å². The molecule has 0 spiro atoms. The van der Waals surface area contributed by atoms with Crippen LogP contribution in [0.2, 0.25) is 0 Å². The zero-order chi connectivity index (χ0) is 16.5. The molecule has 0 aromatic heterocycles. The van der Waals surface area contributed by atoms with Gasteiger partial charge in [-0.25, -0.2) is 0 Å². The fourth-order valence-corrected chi connectivity index (χ4v) is 3.02. The van der Waals surface area contributed by atoms with E-state index in [-0.39, 0.29) is 0 Å². The van der Waals surface area contributed by atoms with Crippen molar-refractivity contribution in [1.29, 1.82) is 0 Å². The van der Waals surface area contributed by atoms with Gasteiger partial charge in [-0.05, 0) is 39.3 Å². The SMILES string of the molecule is CCCCCCC(C)(CCCCCC)NCCCNCCN. The first-order chi connectivity index (χ1) is 10.7. The highest BCUT2D eigenvalue weighted by molar-refractivity contribution is 4.83. The molecule has 0 radical (unpaired) electrons. The lowest BCUT2D eigenvalue weighted by atomic mass is 9.88. The van der Waals surface area contributed by atoms with Crippen molar-refractivity contribution in [2.45, 2.75) is 96.9 Å². The molecule has 134 valence electrons. The molecule has 0 unspecified atom stereocenters. The second-order valence-electron chi connectivity index (χ2n) is 7.00. The van der Waals surface area contributed by atoms with Crippen LogP contribution < -0.4 is 16.4 Å². The van der Waals surface area contributed by atoms with Crippen LogP contribution in [0.25, 0.3) is 0 Å². The number of nitrogens with one attached hydrogen (secondary N) is 2. The van der Waals surface area contributed by atoms with E-state index in [1.165, 1.54) is 70.6 Å². The second kappa shape index (κ2) is 15.8. The summed E-state index contributed by atoms with van der Waals surface area (Å²) in [6.07, 6.45) is 14.8. The predicted octanol–water partition coefficient (Wildman–Crippen LogP) is 4.21. The average molecular weight is 314 g/mol. The summed E-state index contributed by atoms with van der Waals surface area (Å²) in [5.41, 5.74) is 5.84. The van der Waals surface area contributed by atoms with E-state index in [2.05, 4.69) is 31.4 Å². The van der Waals surface area contributed by atoms with Crippen LogP contribution in [0.3, 0.4) is 0 Å². The Morgan fingerprint density at radius 1 is 0.727 bits per heavy atom. The monoisotopic (exact) mass is 313 g/mol. The van der Waals surface area contributed by atoms with Gasteiger partial charge < -0.3 is 16.4 Å². The van der Waals surface area contributed by atoms with Gasteiger partial charge in [-0.2, -0.15) is 0 Å². The highest BCUT2D eigenvalue weighted by atomic mass is 15.0. The van der Waals surface area contributed by atoms with Gasteiger partial charge in [0, 0.05) is 18.6 Å². The first-order valence-corrected chi connectivity index (χ1v) is 9.84. The van der Waals surface area contributed by atoms with Gasteiger partial charge in [-0.1, -0.05) is 65.2 Å². The summed E-state index contributed by atoms with van der Waals surface area (Å²) in [7, 11) is 0. The predicted molar refractivity (Wildman–Crippen MR) is 100 cm³/mol. The van der Waals surface area contributed by atoms with Crippen molar-refractivity contribution in [3.8, 4) is 0 Å². The molecule has 0 rings (SSSR count). The Kier molecular flexibility index (Phi) is 15.7. The maximum absolute atomic E-state index is 5.49. The zero-order valence-electron chi connectivity index (χ0n) is 15.7. The van der Waals surface area contributed by atoms with E-state index in [9.17, 15) is 0 Å². The Morgan fingerprint density at radius 3 is 1.82 bits per heavy atom. The van der Waals surface area contributed by atoms with Crippen LogP contribution in [-0.4, -0.2) is 31.7 Å². The van der Waals surface area contributed by atoms with Crippen molar-refractivity contribution >= 4 is 0 Å². The van der Waals surface area contributed by atoms with Crippen molar-refractivity contribution in [2.75, 3.05) is 26.2 Å². The third-order valence-electron chi connectivity index (χ3n) is 4.57. The molecule has 0 aliphatic carbocycles. The van der Waals surface area contributed by atoms with Gasteiger partial charge >= 0.3 is 0 Å². The van der Waals surface area contributed by atoms with Crippen LogP contribution in [0.4, 0.5) is 0 Å². The minimum Gasteiger partial charge on any atom is -0.329 e. The molecule has 22 heavy (non-hydrogen) atoms. The normalized spacial score (nSPS) is 12.0. The van der Waals surface area contributed by atoms with Crippen LogP contribution >= 0.6 is 0 Å². The highest BCUT2D eigenvalue weighted by Crippen LogP contribution is 2.22. The lowest BCUT2D eigenvalue weighted by Crippen LogP contribution is -2.43. The summed E-state index contributed by atoms with van der Waals surface area (Å²) in [6, 6.07) is 0. The summed E-state index contributed by atoms with van der Waals surface area (Å²) in [6.45, 7) is 10.9. The molecule has 0 atom stereocenters. The van der Waals surface area contributed by atoms with E-state index in [0.29, 0.717) is 5.54 Å². The Balaban J connectivity index is 3.96. The summed E-state index contributed by atoms with van der Waals surface area (Å²) in [5, 5.41) is 7.23. The first-order valence-electron chi connectivity index (χ1n) is 9.84. The van der Waals surface area contributed by atoms with Crippen molar-refractivity contribution < 1.29 is 0 Å². The molecular weight excluding hydrogens is 270 g/mol. The lowest BCUT2D eigenvalue weighted by molar-refractivity contribution is 0.286. The standard InChI is InChI=1S/C19H43N3/c1-4-6-8-10-13-19(3,14-11-9-7-5-2)22-17-12-16-21-18-15-20/h21-22H,4-18,20H2,1-3H3. The van der Waals surface area contributed by atoms with E-state index in [0.717, 1.165) is 26.2 Å². The summed E-state index contributed by atoms with van der Waals surface area (Å²) in [4.78, 5) is 0. The van der Waals surface area contributed by atoms with E-state index >= 15 is 0 Å². The first kappa shape index (κ1) is 21.9. The fourth-order valence-electron chi connectivity index (χ4n) is 3.02. The Hall–Kier alpha value is -0.120. The molecule has 0 bridgehead atoms. The molecule has 0 heterocycles. The summed E-state index contributed by atoms with van der Waals surface area (Å²) >= 11 is 0. The van der Waals surface area contributed by atoms with Gasteiger partial charge in [0.1, 0.15) is 0 Å². The molecule has 3 nitrogen and oxygen atoms in total. The van der Waals surface area contributed by atoms with Crippen molar-refractivity contribution in [3.63, 3.8) is 0 Å². The zero-order valence-corrected chi connectivity index (χ0v) is 15.7. The average Bonchev–Trinajstić information content (AvgIpc) is 2.52. The third kappa shape index (κ3) is 13.5. The highest BCUT2D eigenvalue weighted by Gasteiger charge is 2.21. The number of nitrogens with two attached hydrogens (primary N) is 1. The smallest absolute Gasteiger partial charge is 0.0153 e. The van der Waals surface area contributed by atoms with Crippen molar-refractivity contribution in [1.82, 2.24) is 10.6 Å². The maximum Gasteiger partial charge on any atom is 0.0153 e. The lowest BCUT2D eigenvalue weighted by Gasteiger charge is -2.32. The van der Waals surface area contributed by atoms with Crippen LogP contribution in [-0.2, 0) is 0 Å². The summed E-state index contributed by atoms with van der Waals surface area (Å²) in [5.74, 6) is 0. The van der Waals surface area contributed by atoms with Crippen molar-refractivity contribution in [2.24, 2.45) is 5.73 Å². The molecule has 0 saturated carbocycles. The number of hydrogen-bond donors (Lipinski definition) is 3. The molecule has 0 aromatic rings. The van der Waals surface area contributed by atoms with E-state index in [1.807, 2.05) is 0 Å². The Labute approximate surface area is 140 Å². The van der Waals surface area contributed by atoms with Crippen LogP contribution in [0, 0.1) is 0 Å². The fraction of sp³-hybridized carbons (Fsp3) is 1.00. The van der Waals surface area contributed by atoms with Gasteiger partial charge in [-0.3, -0.25) is 0 Å². The van der Waals surface area contributed by atoms with Gasteiger partial charge in [0.15, 0.2) is 0 Å². The molecule has 4 N–H and O–H groups in total. The Bertz CT molecular complexity index is 207. The molecule has 0 aliphatic heterocycles. The molecule has 0 aliphatic rings. The minimum atomic E-state index is 0.343. The Morgan fingerprint density at radius 2 is 1.32 bits per heavy atom. The number of hydrogen-bond acceptors (Lipinski definition) is 3. The molecule has 0 aromatic carbocycles. The quantitative estimate of drug-likeness (QED) is 0.352. The molecule has 0 saturated heterocycles. The summed E-state index contributed by atoms with van der Waals surface area (Å²) < 4.78 is 0. The largest absolute Gasteiger partial charge is 0.329 e.